The van der Waals surface area contributed by atoms with E-state index in [1.165, 1.54) is 3.57 Å². The van der Waals surface area contributed by atoms with Gasteiger partial charge in [-0.25, -0.2) is 0 Å². The normalized spacial score (nSPS) is 14.2. The zero-order chi connectivity index (χ0) is 21.3. The molecule has 156 valence electrons. The van der Waals surface area contributed by atoms with Crippen LogP contribution in [0.3, 0.4) is 0 Å². The fourth-order valence-corrected chi connectivity index (χ4v) is 3.75. The monoisotopic (exact) mass is 516 g/mol. The number of halogens is 1. The van der Waals surface area contributed by atoms with Gasteiger partial charge in [0.1, 0.15) is 18.2 Å². The molecule has 0 aliphatic heterocycles. The fourth-order valence-electron chi connectivity index (χ4n) is 3.39. The second-order valence-corrected chi connectivity index (χ2v) is 8.42. The second kappa shape index (κ2) is 11.0. The Bertz CT molecular complexity index is 942. The summed E-state index contributed by atoms with van der Waals surface area (Å²) >= 11 is 2.27. The molecule has 2 aromatic rings. The number of amides is 1. The van der Waals surface area contributed by atoms with Gasteiger partial charge in [-0.15, -0.1) is 0 Å². The smallest absolute Gasteiger partial charge is 0.262 e. The van der Waals surface area contributed by atoms with Crippen LogP contribution in [0.15, 0.2) is 48.0 Å². The molecule has 0 atom stereocenters. The molecule has 1 saturated carbocycles. The summed E-state index contributed by atoms with van der Waals surface area (Å²) in [6.07, 6.45) is 5.79. The zero-order valence-electron chi connectivity index (χ0n) is 17.0. The summed E-state index contributed by atoms with van der Waals surface area (Å²) < 4.78 is 12.8. The Balaban J connectivity index is 1.73. The summed E-state index contributed by atoms with van der Waals surface area (Å²) in [5, 5.41) is 12.4. The van der Waals surface area contributed by atoms with Crippen LogP contribution >= 0.6 is 22.6 Å². The van der Waals surface area contributed by atoms with Crippen molar-refractivity contribution in [2.75, 3.05) is 6.61 Å². The van der Waals surface area contributed by atoms with E-state index in [9.17, 15) is 10.1 Å². The molecule has 1 fully saturated rings. The third-order valence-electron chi connectivity index (χ3n) is 4.94. The van der Waals surface area contributed by atoms with Crippen LogP contribution in [0.25, 0.3) is 6.08 Å². The van der Waals surface area contributed by atoms with E-state index < -0.39 is 0 Å². The Labute approximate surface area is 191 Å². The van der Waals surface area contributed by atoms with Gasteiger partial charge in [-0.1, -0.05) is 31.0 Å². The first-order valence-corrected chi connectivity index (χ1v) is 11.2. The molecule has 30 heavy (non-hydrogen) atoms. The molecule has 0 radical (unpaired) electrons. The molecule has 6 heteroatoms. The first-order chi connectivity index (χ1) is 14.6. The molecule has 0 spiro atoms. The third-order valence-corrected chi connectivity index (χ3v) is 5.66. The number of nitrogens with one attached hydrogen (secondary N) is 1. The number of carbonyl (C=O) groups excluding carboxylic acids is 1. The molecule has 0 saturated heterocycles. The minimum absolute atomic E-state index is 0.0944. The maximum atomic E-state index is 12.4. The van der Waals surface area contributed by atoms with Crippen molar-refractivity contribution in [3.05, 3.63) is 62.7 Å². The number of carbonyl (C=O) groups is 1. The Morgan fingerprint density at radius 1 is 1.17 bits per heavy atom. The molecule has 3 rings (SSSR count). The molecule has 2 aromatic carbocycles. The van der Waals surface area contributed by atoms with Crippen molar-refractivity contribution >= 4 is 34.6 Å². The van der Waals surface area contributed by atoms with Crippen LogP contribution in [0.1, 0.15) is 43.7 Å². The lowest BCUT2D eigenvalue weighted by Crippen LogP contribution is -2.33. The summed E-state index contributed by atoms with van der Waals surface area (Å²) in [5.74, 6) is 0.896. The first kappa shape index (κ1) is 22.2. The molecular weight excluding hydrogens is 491 g/mol. The summed E-state index contributed by atoms with van der Waals surface area (Å²) in [7, 11) is 0. The number of hydrogen-bond acceptors (Lipinski definition) is 4. The van der Waals surface area contributed by atoms with Crippen LogP contribution in [-0.4, -0.2) is 18.6 Å². The second-order valence-electron chi connectivity index (χ2n) is 7.18. The van der Waals surface area contributed by atoms with E-state index in [1.54, 1.807) is 12.1 Å². The summed E-state index contributed by atoms with van der Waals surface area (Å²) in [6, 6.07) is 15.8. The van der Waals surface area contributed by atoms with E-state index in [0.717, 1.165) is 36.8 Å². The predicted molar refractivity (Wildman–Crippen MR) is 125 cm³/mol. The van der Waals surface area contributed by atoms with Crippen molar-refractivity contribution < 1.29 is 14.3 Å². The number of hydrogen-bond donors (Lipinski definition) is 1. The molecule has 1 amide bonds. The molecule has 0 bridgehead atoms. The van der Waals surface area contributed by atoms with E-state index in [4.69, 9.17) is 9.47 Å². The van der Waals surface area contributed by atoms with Crippen LogP contribution in [0.2, 0.25) is 0 Å². The van der Waals surface area contributed by atoms with Crippen molar-refractivity contribution in [3.63, 3.8) is 0 Å². The SMILES string of the molecule is CCOc1cc(/C=C(/C#N)C(=O)NC2CCCC2)ccc1OCc1ccc(I)cc1. The number of nitrogens with zero attached hydrogens (tertiary/aromatic N) is 1. The van der Waals surface area contributed by atoms with Gasteiger partial charge < -0.3 is 14.8 Å². The van der Waals surface area contributed by atoms with Gasteiger partial charge in [-0.2, -0.15) is 5.26 Å². The van der Waals surface area contributed by atoms with Gasteiger partial charge in [0.25, 0.3) is 5.91 Å². The maximum absolute atomic E-state index is 12.4. The summed E-state index contributed by atoms with van der Waals surface area (Å²) in [6.45, 7) is 2.82. The Kier molecular flexibility index (Phi) is 8.14. The Hall–Kier alpha value is -2.53. The highest BCUT2D eigenvalue weighted by atomic mass is 127. The van der Waals surface area contributed by atoms with Gasteiger partial charge in [0.15, 0.2) is 11.5 Å². The van der Waals surface area contributed by atoms with Crippen LogP contribution in [0.5, 0.6) is 11.5 Å². The van der Waals surface area contributed by atoms with Crippen molar-refractivity contribution in [2.45, 2.75) is 45.3 Å². The predicted octanol–water partition coefficient (Wildman–Crippen LogP) is 5.23. The molecule has 1 N–H and O–H groups in total. The summed E-state index contributed by atoms with van der Waals surface area (Å²) in [5.41, 5.74) is 1.88. The van der Waals surface area contributed by atoms with E-state index in [1.807, 2.05) is 49.4 Å². The highest BCUT2D eigenvalue weighted by Gasteiger charge is 2.19. The highest BCUT2D eigenvalue weighted by Crippen LogP contribution is 2.30. The van der Waals surface area contributed by atoms with E-state index in [2.05, 4.69) is 27.9 Å². The molecule has 0 heterocycles. The number of benzene rings is 2. The number of ether oxygens (including phenoxy) is 2. The largest absolute Gasteiger partial charge is 0.490 e. The molecule has 0 aromatic heterocycles. The average molecular weight is 516 g/mol. The topological polar surface area (TPSA) is 71.3 Å². The first-order valence-electron chi connectivity index (χ1n) is 10.2. The van der Waals surface area contributed by atoms with Gasteiger partial charge in [-0.05, 0) is 83.8 Å². The minimum atomic E-state index is -0.318. The van der Waals surface area contributed by atoms with E-state index >= 15 is 0 Å². The van der Waals surface area contributed by atoms with Crippen molar-refractivity contribution in [2.24, 2.45) is 0 Å². The number of rotatable bonds is 8. The molecule has 1 aliphatic rings. The van der Waals surface area contributed by atoms with Crippen LogP contribution < -0.4 is 14.8 Å². The zero-order valence-corrected chi connectivity index (χ0v) is 19.1. The van der Waals surface area contributed by atoms with Crippen molar-refractivity contribution in [1.29, 1.82) is 5.26 Å². The average Bonchev–Trinajstić information content (AvgIpc) is 3.25. The molecule has 1 aliphatic carbocycles. The summed E-state index contributed by atoms with van der Waals surface area (Å²) in [4.78, 5) is 12.4. The number of nitriles is 1. The minimum Gasteiger partial charge on any atom is -0.490 e. The lowest BCUT2D eigenvalue weighted by molar-refractivity contribution is -0.117. The van der Waals surface area contributed by atoms with Crippen LogP contribution in [0, 0.1) is 14.9 Å². The standard InChI is InChI=1S/C24H25IN2O3/c1-2-29-23-14-18(13-19(15-26)24(28)27-21-5-3-4-6-21)9-12-22(23)30-16-17-7-10-20(25)11-8-17/h7-14,21H,2-6,16H2,1H3,(H,27,28)/b19-13-. The van der Waals surface area contributed by atoms with Crippen molar-refractivity contribution in [3.8, 4) is 17.6 Å². The molecule has 0 unspecified atom stereocenters. The lowest BCUT2D eigenvalue weighted by Gasteiger charge is -2.13. The third kappa shape index (κ3) is 6.23. The van der Waals surface area contributed by atoms with Gasteiger partial charge in [0, 0.05) is 9.61 Å². The van der Waals surface area contributed by atoms with Gasteiger partial charge >= 0.3 is 0 Å². The maximum Gasteiger partial charge on any atom is 0.262 e. The molecular formula is C24H25IN2O3. The Morgan fingerprint density at radius 2 is 1.90 bits per heavy atom. The quantitative estimate of drug-likeness (QED) is 0.296. The van der Waals surface area contributed by atoms with E-state index in [-0.39, 0.29) is 17.5 Å². The van der Waals surface area contributed by atoms with Gasteiger partial charge in [-0.3, -0.25) is 4.79 Å². The lowest BCUT2D eigenvalue weighted by atomic mass is 10.1. The van der Waals surface area contributed by atoms with Gasteiger partial charge in [0.2, 0.25) is 0 Å². The van der Waals surface area contributed by atoms with Crippen LogP contribution in [0.4, 0.5) is 0 Å². The van der Waals surface area contributed by atoms with E-state index in [0.29, 0.717) is 24.7 Å². The Morgan fingerprint density at radius 3 is 2.57 bits per heavy atom. The highest BCUT2D eigenvalue weighted by molar-refractivity contribution is 14.1. The molecule has 5 nitrogen and oxygen atoms in total. The van der Waals surface area contributed by atoms with Crippen LogP contribution in [-0.2, 0) is 11.4 Å². The van der Waals surface area contributed by atoms with Gasteiger partial charge in [0.05, 0.1) is 6.61 Å². The fraction of sp³-hybridized carbons (Fsp3) is 0.333. The van der Waals surface area contributed by atoms with Crippen molar-refractivity contribution in [1.82, 2.24) is 5.32 Å².